The maximum atomic E-state index is 11.4. The van der Waals surface area contributed by atoms with Crippen molar-refractivity contribution in [2.75, 3.05) is 11.9 Å². The van der Waals surface area contributed by atoms with E-state index in [1.807, 2.05) is 12.1 Å². The molecule has 0 aliphatic heterocycles. The fraction of sp³-hybridized carbons (Fsp3) is 0.417. The molecule has 0 unspecified atom stereocenters. The van der Waals surface area contributed by atoms with Gasteiger partial charge in [-0.2, -0.15) is 0 Å². The van der Waals surface area contributed by atoms with E-state index in [4.69, 9.17) is 18.0 Å². The van der Waals surface area contributed by atoms with E-state index in [2.05, 4.69) is 15.6 Å². The molecule has 2 rings (SSSR count). The zero-order valence-electron chi connectivity index (χ0n) is 9.98. The Balaban J connectivity index is 1.76. The van der Waals surface area contributed by atoms with Gasteiger partial charge in [-0.3, -0.25) is 4.79 Å². The van der Waals surface area contributed by atoms with E-state index in [0.29, 0.717) is 30.5 Å². The number of rotatable bonds is 6. The largest absolute Gasteiger partial charge is 0.388 e. The Morgan fingerprint density at radius 3 is 2.94 bits per heavy atom. The Morgan fingerprint density at radius 2 is 2.28 bits per heavy atom. The highest BCUT2D eigenvalue weighted by Gasteiger charge is 2.22. The van der Waals surface area contributed by atoms with Gasteiger partial charge in [0.2, 0.25) is 5.91 Å². The summed E-state index contributed by atoms with van der Waals surface area (Å²) in [6.07, 6.45) is 2.66. The molecule has 1 fully saturated rings. The van der Waals surface area contributed by atoms with Gasteiger partial charge in [0.1, 0.15) is 10.8 Å². The van der Waals surface area contributed by atoms with Gasteiger partial charge >= 0.3 is 0 Å². The lowest BCUT2D eigenvalue weighted by Gasteiger charge is -2.07. The lowest BCUT2D eigenvalue weighted by molar-refractivity contribution is -0.120. The fourth-order valence-corrected chi connectivity index (χ4v) is 1.62. The third-order valence-corrected chi connectivity index (χ3v) is 2.81. The Labute approximate surface area is 111 Å². The molecule has 1 aromatic rings. The third-order valence-electron chi connectivity index (χ3n) is 2.60. The van der Waals surface area contributed by atoms with Gasteiger partial charge in [-0.15, -0.1) is 0 Å². The molecule has 5 nitrogen and oxygen atoms in total. The minimum absolute atomic E-state index is 0.0792. The van der Waals surface area contributed by atoms with Gasteiger partial charge in [-0.05, 0) is 25.0 Å². The molecule has 0 atom stereocenters. The number of hydrogen-bond donors (Lipinski definition) is 3. The summed E-state index contributed by atoms with van der Waals surface area (Å²) in [5.74, 6) is 0.759. The smallest absolute Gasteiger partial charge is 0.221 e. The number of hydrogen-bond acceptors (Lipinski definition) is 4. The van der Waals surface area contributed by atoms with Crippen molar-refractivity contribution in [2.24, 2.45) is 5.73 Å². The number of nitrogens with one attached hydrogen (secondary N) is 2. The molecule has 0 spiro atoms. The van der Waals surface area contributed by atoms with E-state index in [0.717, 1.165) is 12.8 Å². The normalized spacial score (nSPS) is 14.0. The first-order valence-electron chi connectivity index (χ1n) is 5.95. The Bertz CT molecular complexity index is 459. The molecular weight excluding hydrogens is 248 g/mol. The summed E-state index contributed by atoms with van der Waals surface area (Å²) in [4.78, 5) is 15.9. The highest BCUT2D eigenvalue weighted by molar-refractivity contribution is 7.80. The molecule has 1 aliphatic carbocycles. The maximum absolute atomic E-state index is 11.4. The van der Waals surface area contributed by atoms with E-state index >= 15 is 0 Å². The second-order valence-electron chi connectivity index (χ2n) is 4.29. The number of pyridine rings is 1. The van der Waals surface area contributed by atoms with Crippen molar-refractivity contribution in [3.63, 3.8) is 0 Å². The average Bonchev–Trinajstić information content (AvgIpc) is 3.13. The minimum Gasteiger partial charge on any atom is -0.388 e. The van der Waals surface area contributed by atoms with E-state index in [1.54, 1.807) is 6.07 Å². The molecule has 1 aliphatic rings. The van der Waals surface area contributed by atoms with Crippen LogP contribution < -0.4 is 16.4 Å². The lowest BCUT2D eigenvalue weighted by atomic mass is 10.3. The second-order valence-corrected chi connectivity index (χ2v) is 4.73. The monoisotopic (exact) mass is 264 g/mol. The van der Waals surface area contributed by atoms with Crippen LogP contribution in [0, 0.1) is 0 Å². The lowest BCUT2D eigenvalue weighted by Crippen LogP contribution is -2.27. The van der Waals surface area contributed by atoms with Crippen LogP contribution in [0.15, 0.2) is 18.2 Å². The first-order valence-corrected chi connectivity index (χ1v) is 6.36. The number of carbonyl (C=O) groups excluding carboxylic acids is 1. The summed E-state index contributed by atoms with van der Waals surface area (Å²) in [5.41, 5.74) is 6.08. The van der Waals surface area contributed by atoms with Crippen LogP contribution >= 0.6 is 12.2 Å². The zero-order valence-corrected chi connectivity index (χ0v) is 10.8. The van der Waals surface area contributed by atoms with Crippen molar-refractivity contribution in [2.45, 2.75) is 25.3 Å². The first kappa shape index (κ1) is 12.8. The Morgan fingerprint density at radius 1 is 1.50 bits per heavy atom. The van der Waals surface area contributed by atoms with Crippen molar-refractivity contribution in [1.82, 2.24) is 10.3 Å². The van der Waals surface area contributed by atoms with Crippen LogP contribution in [-0.2, 0) is 4.79 Å². The molecule has 4 N–H and O–H groups in total. The topological polar surface area (TPSA) is 80.0 Å². The van der Waals surface area contributed by atoms with Gasteiger partial charge in [0.05, 0.1) is 5.69 Å². The number of thiocarbonyl (C=S) groups is 1. The van der Waals surface area contributed by atoms with Gasteiger partial charge in [-0.25, -0.2) is 4.98 Å². The van der Waals surface area contributed by atoms with Gasteiger partial charge in [0.25, 0.3) is 0 Å². The molecule has 1 amide bonds. The fourth-order valence-electron chi connectivity index (χ4n) is 1.50. The van der Waals surface area contributed by atoms with E-state index in [9.17, 15) is 4.79 Å². The Kier molecular flexibility index (Phi) is 4.09. The maximum Gasteiger partial charge on any atom is 0.221 e. The quantitative estimate of drug-likeness (QED) is 0.662. The highest BCUT2D eigenvalue weighted by Crippen LogP contribution is 2.18. The first-order chi connectivity index (χ1) is 8.65. The molecule has 1 aromatic heterocycles. The molecule has 0 aromatic carbocycles. The standard InChI is InChI=1S/C12H16N4OS/c13-12(18)9-2-1-3-10(16-9)14-7-6-11(17)15-8-4-5-8/h1-3,8H,4-7H2,(H2,13,18)(H,14,16)(H,15,17). The molecule has 6 heteroatoms. The van der Waals surface area contributed by atoms with Gasteiger partial charge in [0.15, 0.2) is 0 Å². The number of carbonyl (C=O) groups is 1. The zero-order chi connectivity index (χ0) is 13.0. The van der Waals surface area contributed by atoms with Crippen molar-refractivity contribution in [1.29, 1.82) is 0 Å². The SMILES string of the molecule is NC(=S)c1cccc(NCCC(=O)NC2CC2)n1. The number of nitrogens with two attached hydrogens (primary N) is 1. The predicted molar refractivity (Wildman–Crippen MR) is 74.4 cm³/mol. The van der Waals surface area contributed by atoms with Crippen LogP contribution in [-0.4, -0.2) is 28.5 Å². The summed E-state index contributed by atoms with van der Waals surface area (Å²) in [6, 6.07) is 5.82. The van der Waals surface area contributed by atoms with Crippen molar-refractivity contribution < 1.29 is 4.79 Å². The summed E-state index contributed by atoms with van der Waals surface area (Å²) in [7, 11) is 0. The van der Waals surface area contributed by atoms with Crippen LogP contribution in [0.1, 0.15) is 25.0 Å². The summed E-state index contributed by atoms with van der Waals surface area (Å²) < 4.78 is 0. The van der Waals surface area contributed by atoms with Crippen molar-refractivity contribution >= 4 is 28.9 Å². The molecule has 1 saturated carbocycles. The van der Waals surface area contributed by atoms with Crippen LogP contribution in [0.3, 0.4) is 0 Å². The highest BCUT2D eigenvalue weighted by atomic mass is 32.1. The van der Waals surface area contributed by atoms with E-state index in [1.165, 1.54) is 0 Å². The minimum atomic E-state index is 0.0792. The van der Waals surface area contributed by atoms with Gasteiger partial charge < -0.3 is 16.4 Å². The van der Waals surface area contributed by atoms with Crippen LogP contribution in [0.4, 0.5) is 5.82 Å². The summed E-state index contributed by atoms with van der Waals surface area (Å²) >= 11 is 4.85. The van der Waals surface area contributed by atoms with Crippen molar-refractivity contribution in [3.05, 3.63) is 23.9 Å². The molecule has 0 radical (unpaired) electrons. The van der Waals surface area contributed by atoms with E-state index in [-0.39, 0.29) is 10.9 Å². The number of aromatic nitrogens is 1. The molecule has 0 saturated heterocycles. The molecule has 0 bridgehead atoms. The number of nitrogens with zero attached hydrogens (tertiary/aromatic N) is 1. The molecular formula is C12H16N4OS. The number of amides is 1. The van der Waals surface area contributed by atoms with Crippen LogP contribution in [0.25, 0.3) is 0 Å². The third kappa shape index (κ3) is 3.96. The van der Waals surface area contributed by atoms with Crippen molar-refractivity contribution in [3.8, 4) is 0 Å². The Hall–Kier alpha value is -1.69. The molecule has 96 valence electrons. The predicted octanol–water partition coefficient (Wildman–Crippen LogP) is 0.796. The summed E-state index contributed by atoms with van der Waals surface area (Å²) in [6.45, 7) is 0.548. The van der Waals surface area contributed by atoms with Crippen LogP contribution in [0.5, 0.6) is 0 Å². The molecule has 1 heterocycles. The second kappa shape index (κ2) is 5.77. The van der Waals surface area contributed by atoms with Crippen LogP contribution in [0.2, 0.25) is 0 Å². The van der Waals surface area contributed by atoms with E-state index < -0.39 is 0 Å². The van der Waals surface area contributed by atoms with Gasteiger partial charge in [0, 0.05) is 19.0 Å². The molecule has 18 heavy (non-hydrogen) atoms. The van der Waals surface area contributed by atoms with Gasteiger partial charge in [-0.1, -0.05) is 18.3 Å². The number of anilines is 1. The summed E-state index contributed by atoms with van der Waals surface area (Å²) in [5, 5.41) is 6.01. The average molecular weight is 264 g/mol.